The summed E-state index contributed by atoms with van der Waals surface area (Å²) in [6, 6.07) is 4.19. The first-order valence-corrected chi connectivity index (χ1v) is 9.63. The topological polar surface area (TPSA) is 97.3 Å². The van der Waals surface area contributed by atoms with E-state index in [0.29, 0.717) is 18.3 Å². The van der Waals surface area contributed by atoms with Crippen LogP contribution in [0.3, 0.4) is 0 Å². The summed E-state index contributed by atoms with van der Waals surface area (Å²) >= 11 is 5.52. The van der Waals surface area contributed by atoms with Gasteiger partial charge in [0.25, 0.3) is 5.69 Å². The summed E-state index contributed by atoms with van der Waals surface area (Å²) in [6.45, 7) is -0.819. The second-order valence-corrected chi connectivity index (χ2v) is 7.11. The zero-order valence-electron chi connectivity index (χ0n) is 17.1. The van der Waals surface area contributed by atoms with Crippen molar-refractivity contribution in [3.63, 3.8) is 0 Å². The van der Waals surface area contributed by atoms with Crippen LogP contribution in [0.4, 0.5) is 32.0 Å². The van der Waals surface area contributed by atoms with Crippen molar-refractivity contribution in [1.82, 2.24) is 0 Å². The molecule has 0 radical (unpaired) electrons. The van der Waals surface area contributed by atoms with E-state index in [1.54, 1.807) is 0 Å². The summed E-state index contributed by atoms with van der Waals surface area (Å²) in [5, 5.41) is 20.7. The number of halogens is 7. The number of hydrogen-bond acceptors (Lipinski definition) is 5. The average Bonchev–Trinajstić information content (AvgIpc) is 2.72. The minimum Gasteiger partial charge on any atom is -0.618 e. The summed E-state index contributed by atoms with van der Waals surface area (Å²) in [7, 11) is 0. The molecule has 1 aromatic heterocycles. The van der Waals surface area contributed by atoms with E-state index >= 15 is 4.39 Å². The third-order valence-electron chi connectivity index (χ3n) is 4.36. The van der Waals surface area contributed by atoms with Crippen molar-refractivity contribution in [1.29, 1.82) is 5.26 Å². The van der Waals surface area contributed by atoms with Gasteiger partial charge in [0, 0.05) is 11.6 Å². The van der Waals surface area contributed by atoms with Gasteiger partial charge >= 0.3 is 24.0 Å². The molecule has 1 aromatic carbocycles. The highest BCUT2D eigenvalue weighted by Gasteiger charge is 2.50. The number of nitriles is 1. The van der Waals surface area contributed by atoms with Gasteiger partial charge in [-0.25, -0.2) is 4.39 Å². The fourth-order valence-corrected chi connectivity index (χ4v) is 3.04. The lowest BCUT2D eigenvalue weighted by molar-refractivity contribution is -0.624. The van der Waals surface area contributed by atoms with E-state index in [-0.39, 0.29) is 11.6 Å². The molecule has 0 unspecified atom stereocenters. The maximum Gasteiger partial charge on any atom is 0.471 e. The number of hydrogen-bond donors (Lipinski definition) is 0. The Morgan fingerprint density at radius 1 is 1.21 bits per heavy atom. The Morgan fingerprint density at radius 3 is 2.38 bits per heavy atom. The Labute approximate surface area is 193 Å². The molecule has 2 rings (SSSR count). The highest BCUT2D eigenvalue weighted by Crippen LogP contribution is 2.35. The number of aromatic nitrogens is 1. The Morgan fingerprint density at radius 2 is 1.85 bits per heavy atom. The molecule has 0 fully saturated rings. The quantitative estimate of drug-likeness (QED) is 0.245. The zero-order valence-corrected chi connectivity index (χ0v) is 17.9. The number of nitrogens with zero attached hydrogens (tertiary/aromatic N) is 3. The first kappa shape index (κ1) is 26.7. The van der Waals surface area contributed by atoms with Crippen LogP contribution < -0.4 is 9.63 Å². The van der Waals surface area contributed by atoms with Gasteiger partial charge in [-0.05, 0) is 25.1 Å². The summed E-state index contributed by atoms with van der Waals surface area (Å²) < 4.78 is 88.7. The number of benzene rings is 1. The number of amides is 1. The molecule has 0 aliphatic rings. The number of carbonyl (C=O) groups is 2. The fourth-order valence-electron chi connectivity index (χ4n) is 2.89. The summed E-state index contributed by atoms with van der Waals surface area (Å²) in [5.74, 6) is -10.0. The Hall–Kier alpha value is -3.53. The minimum atomic E-state index is -5.72. The van der Waals surface area contributed by atoms with Gasteiger partial charge < -0.3 is 9.94 Å². The van der Waals surface area contributed by atoms with Gasteiger partial charge in [0.1, 0.15) is 11.6 Å². The Bertz CT molecular complexity index is 1150. The molecule has 182 valence electrons. The summed E-state index contributed by atoms with van der Waals surface area (Å²) in [5.41, 5.74) is -3.90. The van der Waals surface area contributed by atoms with Crippen molar-refractivity contribution in [3.05, 3.63) is 63.3 Å². The van der Waals surface area contributed by atoms with Gasteiger partial charge in [-0.3, -0.25) is 14.5 Å². The molecule has 0 saturated heterocycles. The van der Waals surface area contributed by atoms with Gasteiger partial charge in [-0.1, -0.05) is 11.6 Å². The number of alkyl halides is 5. The van der Waals surface area contributed by atoms with Crippen LogP contribution in [0.25, 0.3) is 0 Å². The first-order chi connectivity index (χ1) is 15.7. The van der Waals surface area contributed by atoms with Gasteiger partial charge in [-0.15, -0.1) is 0 Å². The first-order valence-electron chi connectivity index (χ1n) is 9.25. The van der Waals surface area contributed by atoms with E-state index in [1.807, 2.05) is 0 Å². The lowest BCUT2D eigenvalue weighted by atomic mass is 10.0. The van der Waals surface area contributed by atoms with E-state index in [9.17, 15) is 36.7 Å². The smallest absolute Gasteiger partial charge is 0.471 e. The van der Waals surface area contributed by atoms with Gasteiger partial charge in [0.15, 0.2) is 12.0 Å². The highest BCUT2D eigenvalue weighted by molar-refractivity contribution is 6.30. The third kappa shape index (κ3) is 5.88. The molecule has 0 saturated carbocycles. The van der Waals surface area contributed by atoms with Crippen molar-refractivity contribution in [2.45, 2.75) is 25.4 Å². The molecule has 1 amide bonds. The second-order valence-electron chi connectivity index (χ2n) is 6.67. The van der Waals surface area contributed by atoms with Gasteiger partial charge in [0.05, 0.1) is 30.3 Å². The van der Waals surface area contributed by atoms with Crippen LogP contribution in [-0.4, -0.2) is 31.2 Å². The largest absolute Gasteiger partial charge is 0.618 e. The molecule has 1 heterocycles. The molecule has 7 nitrogen and oxygen atoms in total. The molecular weight excluding hydrogens is 496 g/mol. The second kappa shape index (κ2) is 10.2. The molecule has 0 aliphatic carbocycles. The molecule has 0 spiro atoms. The lowest BCUT2D eigenvalue weighted by Crippen LogP contribution is -2.49. The van der Waals surface area contributed by atoms with Crippen molar-refractivity contribution in [3.8, 4) is 6.07 Å². The Balaban J connectivity index is 2.64. The van der Waals surface area contributed by atoms with Crippen molar-refractivity contribution >= 4 is 29.2 Å². The fraction of sp³-hybridized carbons (Fsp3) is 0.300. The predicted molar refractivity (Wildman–Crippen MR) is 104 cm³/mol. The summed E-state index contributed by atoms with van der Waals surface area (Å²) in [6.07, 6.45) is -6.12. The van der Waals surface area contributed by atoms with Crippen LogP contribution in [0.15, 0.2) is 30.5 Å². The van der Waals surface area contributed by atoms with Crippen LogP contribution >= 0.6 is 11.6 Å². The molecule has 0 atom stereocenters. The molecular formula is C20H14ClF6N3O4. The van der Waals surface area contributed by atoms with Crippen LogP contribution in [-0.2, 0) is 26.7 Å². The maximum atomic E-state index is 15.2. The van der Waals surface area contributed by atoms with Crippen molar-refractivity contribution < 1.29 is 45.4 Å². The highest BCUT2D eigenvalue weighted by atomic mass is 35.5. The molecule has 2 aromatic rings. The SMILES string of the molecule is CCOC(=O)Cc1c(C#N)ccc(N(CC(F)(F)c2ccc(Cl)c[n+]2[O-])C(=O)C(F)(F)F)c1F. The third-order valence-corrected chi connectivity index (χ3v) is 4.58. The van der Waals surface area contributed by atoms with E-state index in [0.717, 1.165) is 12.1 Å². The summed E-state index contributed by atoms with van der Waals surface area (Å²) in [4.78, 5) is 23.1. The number of esters is 1. The van der Waals surface area contributed by atoms with E-state index in [4.69, 9.17) is 16.9 Å². The van der Waals surface area contributed by atoms with Crippen molar-refractivity contribution in [2.75, 3.05) is 18.1 Å². The predicted octanol–water partition coefficient (Wildman–Crippen LogP) is 3.78. The molecule has 0 aliphatic heterocycles. The number of pyridine rings is 1. The normalized spacial score (nSPS) is 11.6. The number of carbonyl (C=O) groups excluding carboxylic acids is 2. The van der Waals surface area contributed by atoms with Crippen LogP contribution in [0.5, 0.6) is 0 Å². The number of rotatable bonds is 7. The maximum absolute atomic E-state index is 15.2. The number of anilines is 1. The minimum absolute atomic E-state index is 0.136. The monoisotopic (exact) mass is 509 g/mol. The lowest BCUT2D eigenvalue weighted by Gasteiger charge is -2.28. The Kier molecular flexibility index (Phi) is 7.99. The van der Waals surface area contributed by atoms with Crippen LogP contribution in [0, 0.1) is 22.4 Å². The molecule has 14 heteroatoms. The molecule has 34 heavy (non-hydrogen) atoms. The number of ether oxygens (including phenoxy) is 1. The van der Waals surface area contributed by atoms with E-state index in [2.05, 4.69) is 4.74 Å². The van der Waals surface area contributed by atoms with Crippen LogP contribution in [0.1, 0.15) is 23.7 Å². The zero-order chi connectivity index (χ0) is 25.8. The molecule has 0 bridgehead atoms. The van der Waals surface area contributed by atoms with E-state index < -0.39 is 74.9 Å². The van der Waals surface area contributed by atoms with Crippen molar-refractivity contribution in [2.24, 2.45) is 0 Å². The standard InChI is InChI=1S/C20H14ClF6N3O4/c1-2-34-16(31)7-13-11(8-28)3-5-14(17(13)22)29(18(32)20(25,26)27)10-19(23,24)15-6-4-12(21)9-30(15)33/h3-6,9H,2,7,10H2,1H3. The molecule has 0 N–H and O–H groups in total. The van der Waals surface area contributed by atoms with Crippen LogP contribution in [0.2, 0.25) is 5.02 Å². The van der Waals surface area contributed by atoms with Gasteiger partial charge in [-0.2, -0.15) is 31.9 Å². The average molecular weight is 510 g/mol. The van der Waals surface area contributed by atoms with Gasteiger partial charge in [0.2, 0.25) is 0 Å². The van der Waals surface area contributed by atoms with E-state index in [1.165, 1.54) is 13.0 Å².